The average molecular weight is 490 g/mol. The van der Waals surface area contributed by atoms with Crippen LogP contribution in [-0.2, 0) is 15.1 Å². The van der Waals surface area contributed by atoms with Crippen LogP contribution >= 0.6 is 0 Å². The molecule has 9 nitrogen and oxygen atoms in total. The number of benzene rings is 3. The molecule has 1 heterocycles. The van der Waals surface area contributed by atoms with Gasteiger partial charge in [-0.25, -0.2) is 4.79 Å². The molecule has 0 spiro atoms. The van der Waals surface area contributed by atoms with Crippen LogP contribution in [0.3, 0.4) is 0 Å². The Hall–Kier alpha value is -4.53. The fraction of sp³-hybridized carbons (Fsp3) is 0.222. The summed E-state index contributed by atoms with van der Waals surface area (Å²) < 4.78 is 16.4. The molecule has 1 aliphatic heterocycles. The normalized spacial score (nSPS) is 16.9. The third-order valence-corrected chi connectivity index (χ3v) is 5.90. The summed E-state index contributed by atoms with van der Waals surface area (Å²) in [6.07, 6.45) is 0. The lowest BCUT2D eigenvalue weighted by Crippen LogP contribution is -2.42. The largest absolute Gasteiger partial charge is 0.493 e. The molecule has 1 saturated heterocycles. The fourth-order valence-electron chi connectivity index (χ4n) is 3.95. The number of anilines is 1. The number of hydrogen-bond acceptors (Lipinski definition) is 6. The second kappa shape index (κ2) is 9.99. The number of hydrogen-bond donors (Lipinski definition) is 2. The van der Waals surface area contributed by atoms with Gasteiger partial charge in [-0.15, -0.1) is 0 Å². The van der Waals surface area contributed by atoms with Crippen molar-refractivity contribution in [3.8, 4) is 23.0 Å². The summed E-state index contributed by atoms with van der Waals surface area (Å²) in [6, 6.07) is 18.8. The summed E-state index contributed by atoms with van der Waals surface area (Å²) in [4.78, 5) is 39.4. The summed E-state index contributed by atoms with van der Waals surface area (Å²) in [5.74, 6) is 1.18. The molecule has 36 heavy (non-hydrogen) atoms. The molecule has 4 rings (SSSR count). The number of rotatable bonds is 8. The molecule has 3 aromatic carbocycles. The lowest BCUT2D eigenvalue weighted by molar-refractivity contribution is -0.133. The number of urea groups is 1. The zero-order chi connectivity index (χ0) is 25.9. The first-order valence-electron chi connectivity index (χ1n) is 11.2. The van der Waals surface area contributed by atoms with E-state index in [0.717, 1.165) is 10.5 Å². The standard InChI is InChI=1S/C27H27N3O6/c1-17-6-5-7-21(14-17)36-20-11-9-19(10-12-20)28-24(31)16-30-25(32)27(2,29-26(30)33)18-8-13-22(34-3)23(15-18)35-4/h5-15H,16H2,1-4H3,(H,28,31)(H,29,33). The Kier molecular flexibility index (Phi) is 6.82. The molecule has 0 aliphatic carbocycles. The maximum Gasteiger partial charge on any atom is 0.325 e. The number of imide groups is 1. The lowest BCUT2D eigenvalue weighted by Gasteiger charge is -2.23. The summed E-state index contributed by atoms with van der Waals surface area (Å²) in [7, 11) is 2.99. The minimum absolute atomic E-state index is 0.421. The van der Waals surface area contributed by atoms with E-state index in [2.05, 4.69) is 10.6 Å². The van der Waals surface area contributed by atoms with Crippen molar-refractivity contribution in [3.05, 3.63) is 77.9 Å². The number of carbonyl (C=O) groups excluding carboxylic acids is 3. The van der Waals surface area contributed by atoms with E-state index in [0.29, 0.717) is 34.2 Å². The monoisotopic (exact) mass is 489 g/mol. The van der Waals surface area contributed by atoms with Crippen molar-refractivity contribution >= 4 is 23.5 Å². The van der Waals surface area contributed by atoms with E-state index in [1.807, 2.05) is 31.2 Å². The third kappa shape index (κ3) is 4.95. The van der Waals surface area contributed by atoms with Crippen molar-refractivity contribution in [2.45, 2.75) is 19.4 Å². The molecule has 0 bridgehead atoms. The van der Waals surface area contributed by atoms with E-state index < -0.39 is 29.9 Å². The first-order valence-corrected chi connectivity index (χ1v) is 11.2. The van der Waals surface area contributed by atoms with Gasteiger partial charge in [0.15, 0.2) is 11.5 Å². The van der Waals surface area contributed by atoms with Gasteiger partial charge in [-0.05, 0) is 73.5 Å². The Bertz CT molecular complexity index is 1310. The molecule has 0 aromatic heterocycles. The van der Waals surface area contributed by atoms with E-state index in [1.54, 1.807) is 49.4 Å². The molecule has 0 saturated carbocycles. The number of nitrogens with zero attached hydrogens (tertiary/aromatic N) is 1. The molecule has 4 amide bonds. The fourth-order valence-corrected chi connectivity index (χ4v) is 3.95. The van der Waals surface area contributed by atoms with Crippen molar-refractivity contribution in [2.24, 2.45) is 0 Å². The van der Waals surface area contributed by atoms with Crippen molar-refractivity contribution in [3.63, 3.8) is 0 Å². The maximum atomic E-state index is 13.2. The number of ether oxygens (including phenoxy) is 3. The second-order valence-corrected chi connectivity index (χ2v) is 8.51. The van der Waals surface area contributed by atoms with Crippen LogP contribution in [0.4, 0.5) is 10.5 Å². The van der Waals surface area contributed by atoms with Crippen LogP contribution in [0, 0.1) is 6.92 Å². The van der Waals surface area contributed by atoms with Gasteiger partial charge in [0.1, 0.15) is 23.6 Å². The molecule has 2 N–H and O–H groups in total. The predicted molar refractivity (Wildman–Crippen MR) is 133 cm³/mol. The van der Waals surface area contributed by atoms with E-state index >= 15 is 0 Å². The molecule has 1 unspecified atom stereocenters. The van der Waals surface area contributed by atoms with E-state index in [-0.39, 0.29) is 0 Å². The summed E-state index contributed by atoms with van der Waals surface area (Å²) in [5.41, 5.74) is 0.738. The summed E-state index contributed by atoms with van der Waals surface area (Å²) in [5, 5.41) is 5.39. The van der Waals surface area contributed by atoms with Crippen LogP contribution in [0.1, 0.15) is 18.1 Å². The van der Waals surface area contributed by atoms with E-state index in [4.69, 9.17) is 14.2 Å². The zero-order valence-corrected chi connectivity index (χ0v) is 20.5. The molecule has 0 radical (unpaired) electrons. The Morgan fingerprint density at radius 2 is 1.67 bits per heavy atom. The Morgan fingerprint density at radius 3 is 2.33 bits per heavy atom. The highest BCUT2D eigenvalue weighted by Gasteiger charge is 2.49. The molecular weight excluding hydrogens is 462 g/mol. The van der Waals surface area contributed by atoms with Gasteiger partial charge in [0.2, 0.25) is 5.91 Å². The molecule has 186 valence electrons. The minimum atomic E-state index is -1.36. The molecule has 1 aliphatic rings. The van der Waals surface area contributed by atoms with Crippen molar-refractivity contribution in [2.75, 3.05) is 26.1 Å². The van der Waals surface area contributed by atoms with E-state index in [9.17, 15) is 14.4 Å². The SMILES string of the molecule is COc1ccc(C2(C)NC(=O)N(CC(=O)Nc3ccc(Oc4cccc(C)c4)cc3)C2=O)cc1OC. The topological polar surface area (TPSA) is 106 Å². The van der Waals surface area contributed by atoms with Crippen LogP contribution in [0.25, 0.3) is 0 Å². The zero-order valence-electron chi connectivity index (χ0n) is 20.5. The predicted octanol–water partition coefficient (Wildman–Crippen LogP) is 4.21. The highest BCUT2D eigenvalue weighted by molar-refractivity contribution is 6.10. The number of aryl methyl sites for hydroxylation is 1. The highest BCUT2D eigenvalue weighted by atomic mass is 16.5. The molecular formula is C27H27N3O6. The van der Waals surface area contributed by atoms with Crippen molar-refractivity contribution in [1.82, 2.24) is 10.2 Å². The van der Waals surface area contributed by atoms with Gasteiger partial charge >= 0.3 is 6.03 Å². The van der Waals surface area contributed by atoms with Gasteiger partial charge in [0, 0.05) is 5.69 Å². The molecule has 9 heteroatoms. The Balaban J connectivity index is 1.41. The Morgan fingerprint density at radius 1 is 0.944 bits per heavy atom. The number of methoxy groups -OCH3 is 2. The molecule has 1 atom stereocenters. The first-order chi connectivity index (χ1) is 17.2. The number of carbonyl (C=O) groups is 3. The molecule has 1 fully saturated rings. The summed E-state index contributed by atoms with van der Waals surface area (Å²) >= 11 is 0. The highest BCUT2D eigenvalue weighted by Crippen LogP contribution is 2.35. The minimum Gasteiger partial charge on any atom is -0.493 e. The van der Waals surface area contributed by atoms with E-state index in [1.165, 1.54) is 14.2 Å². The quantitative estimate of drug-likeness (QED) is 0.459. The van der Waals surface area contributed by atoms with Crippen molar-refractivity contribution < 1.29 is 28.6 Å². The van der Waals surface area contributed by atoms with Gasteiger partial charge in [-0.1, -0.05) is 18.2 Å². The van der Waals surface area contributed by atoms with Crippen LogP contribution in [0.15, 0.2) is 66.7 Å². The van der Waals surface area contributed by atoms with Crippen LogP contribution in [0.2, 0.25) is 0 Å². The van der Waals surface area contributed by atoms with Crippen LogP contribution in [-0.4, -0.2) is 43.5 Å². The second-order valence-electron chi connectivity index (χ2n) is 8.51. The number of nitrogens with one attached hydrogen (secondary N) is 2. The van der Waals surface area contributed by atoms with Gasteiger partial charge < -0.3 is 24.8 Å². The third-order valence-electron chi connectivity index (χ3n) is 5.90. The first kappa shape index (κ1) is 24.6. The summed E-state index contributed by atoms with van der Waals surface area (Å²) in [6.45, 7) is 3.13. The van der Waals surface area contributed by atoms with Gasteiger partial charge in [0.25, 0.3) is 5.91 Å². The average Bonchev–Trinajstić information content (AvgIpc) is 3.08. The van der Waals surface area contributed by atoms with Crippen LogP contribution < -0.4 is 24.8 Å². The smallest absolute Gasteiger partial charge is 0.325 e. The van der Waals surface area contributed by atoms with Crippen molar-refractivity contribution in [1.29, 1.82) is 0 Å². The number of amides is 4. The van der Waals surface area contributed by atoms with Crippen LogP contribution in [0.5, 0.6) is 23.0 Å². The Labute approximate surface area is 209 Å². The molecule has 3 aromatic rings. The lowest BCUT2D eigenvalue weighted by atomic mass is 9.91. The van der Waals surface area contributed by atoms with Gasteiger partial charge in [-0.3, -0.25) is 14.5 Å². The van der Waals surface area contributed by atoms with Gasteiger partial charge in [0.05, 0.1) is 14.2 Å². The van der Waals surface area contributed by atoms with Gasteiger partial charge in [-0.2, -0.15) is 0 Å². The maximum absolute atomic E-state index is 13.2.